The van der Waals surface area contributed by atoms with Gasteiger partial charge in [-0.1, -0.05) is 0 Å². The molecule has 0 aromatic heterocycles. The Bertz CT molecular complexity index is 300. The van der Waals surface area contributed by atoms with Gasteiger partial charge in [0.25, 0.3) is 0 Å². The van der Waals surface area contributed by atoms with Crippen molar-refractivity contribution in [1.82, 2.24) is 10.2 Å². The van der Waals surface area contributed by atoms with Crippen LogP contribution in [0.4, 0.5) is 0 Å². The molecular weight excluding hydrogens is 220 g/mol. The van der Waals surface area contributed by atoms with E-state index >= 15 is 0 Å². The molecule has 2 saturated heterocycles. The van der Waals surface area contributed by atoms with E-state index in [0.717, 1.165) is 25.9 Å². The van der Waals surface area contributed by atoms with E-state index in [4.69, 9.17) is 4.74 Å². The number of carbonyl (C=O) groups is 2. The summed E-state index contributed by atoms with van der Waals surface area (Å²) in [6.07, 6.45) is 1.66. The summed E-state index contributed by atoms with van der Waals surface area (Å²) < 4.78 is 4.99. The first kappa shape index (κ1) is 12.4. The Morgan fingerprint density at radius 3 is 2.82 bits per heavy atom. The second-order valence-corrected chi connectivity index (χ2v) is 4.71. The van der Waals surface area contributed by atoms with Crippen molar-refractivity contribution in [2.45, 2.75) is 19.8 Å². The van der Waals surface area contributed by atoms with Crippen molar-refractivity contribution in [1.29, 1.82) is 0 Å². The number of hydrogen-bond acceptors (Lipinski definition) is 4. The number of esters is 1. The predicted octanol–water partition coefficient (Wildman–Crippen LogP) is 0.00750. The lowest BCUT2D eigenvalue weighted by Gasteiger charge is -2.19. The first-order valence-electron chi connectivity index (χ1n) is 6.38. The maximum atomic E-state index is 12.1. The highest BCUT2D eigenvalue weighted by molar-refractivity contribution is 5.81. The molecule has 2 heterocycles. The normalized spacial score (nSPS) is 28.4. The van der Waals surface area contributed by atoms with Crippen LogP contribution in [0, 0.1) is 11.8 Å². The van der Waals surface area contributed by atoms with E-state index in [0.29, 0.717) is 19.7 Å². The molecule has 2 aliphatic heterocycles. The molecule has 2 unspecified atom stereocenters. The molecule has 96 valence electrons. The maximum absolute atomic E-state index is 12.1. The van der Waals surface area contributed by atoms with E-state index in [9.17, 15) is 9.59 Å². The molecule has 0 aliphatic carbocycles. The zero-order valence-electron chi connectivity index (χ0n) is 10.3. The zero-order chi connectivity index (χ0) is 12.3. The molecule has 0 spiro atoms. The molecule has 0 bridgehead atoms. The lowest BCUT2D eigenvalue weighted by Crippen LogP contribution is -2.36. The van der Waals surface area contributed by atoms with Crippen LogP contribution in [0.5, 0.6) is 0 Å². The fourth-order valence-electron chi connectivity index (χ4n) is 2.54. The van der Waals surface area contributed by atoms with Crippen LogP contribution < -0.4 is 5.32 Å². The monoisotopic (exact) mass is 240 g/mol. The van der Waals surface area contributed by atoms with Crippen LogP contribution in [0.2, 0.25) is 0 Å². The summed E-state index contributed by atoms with van der Waals surface area (Å²) in [7, 11) is 0. The van der Waals surface area contributed by atoms with E-state index in [1.807, 2.05) is 4.90 Å². The standard InChI is InChI=1S/C12H20N2O3/c1-2-17-12(16)10-4-6-14(8-10)11(15)9-3-5-13-7-9/h9-10,13H,2-8H2,1H3. The van der Waals surface area contributed by atoms with Gasteiger partial charge in [0, 0.05) is 19.6 Å². The highest BCUT2D eigenvalue weighted by Gasteiger charge is 2.35. The quantitative estimate of drug-likeness (QED) is 0.706. The average Bonchev–Trinajstić information content (AvgIpc) is 3.00. The van der Waals surface area contributed by atoms with E-state index in [-0.39, 0.29) is 23.7 Å². The van der Waals surface area contributed by atoms with Gasteiger partial charge < -0.3 is 15.0 Å². The Morgan fingerprint density at radius 1 is 1.35 bits per heavy atom. The molecule has 0 radical (unpaired) electrons. The molecule has 2 fully saturated rings. The molecule has 2 aliphatic rings. The maximum Gasteiger partial charge on any atom is 0.310 e. The minimum absolute atomic E-state index is 0.107. The smallest absolute Gasteiger partial charge is 0.310 e. The van der Waals surface area contributed by atoms with Crippen LogP contribution in [0.15, 0.2) is 0 Å². The molecule has 1 amide bonds. The molecule has 0 aromatic carbocycles. The lowest BCUT2D eigenvalue weighted by molar-refractivity contribution is -0.147. The predicted molar refractivity (Wildman–Crippen MR) is 62.3 cm³/mol. The van der Waals surface area contributed by atoms with Crippen LogP contribution in [-0.2, 0) is 14.3 Å². The summed E-state index contributed by atoms with van der Waals surface area (Å²) >= 11 is 0. The van der Waals surface area contributed by atoms with Crippen molar-refractivity contribution in [3.8, 4) is 0 Å². The number of ether oxygens (including phenoxy) is 1. The Labute approximate surface area is 101 Å². The van der Waals surface area contributed by atoms with Crippen LogP contribution in [-0.4, -0.2) is 49.6 Å². The summed E-state index contributed by atoms with van der Waals surface area (Å²) in [6.45, 7) is 5.15. The van der Waals surface area contributed by atoms with E-state index in [1.165, 1.54) is 0 Å². The Hall–Kier alpha value is -1.10. The third kappa shape index (κ3) is 2.77. The molecule has 2 rings (SSSR count). The Morgan fingerprint density at radius 2 is 2.18 bits per heavy atom. The minimum Gasteiger partial charge on any atom is -0.466 e. The van der Waals surface area contributed by atoms with Crippen molar-refractivity contribution < 1.29 is 14.3 Å². The van der Waals surface area contributed by atoms with Gasteiger partial charge in [-0.15, -0.1) is 0 Å². The molecule has 0 aromatic rings. The number of rotatable bonds is 3. The number of amides is 1. The van der Waals surface area contributed by atoms with Crippen LogP contribution in [0.1, 0.15) is 19.8 Å². The summed E-state index contributed by atoms with van der Waals surface area (Å²) in [5.41, 5.74) is 0. The first-order valence-corrected chi connectivity index (χ1v) is 6.38. The van der Waals surface area contributed by atoms with Gasteiger partial charge in [0.05, 0.1) is 18.4 Å². The molecule has 5 nitrogen and oxygen atoms in total. The molecule has 17 heavy (non-hydrogen) atoms. The molecule has 5 heteroatoms. The highest BCUT2D eigenvalue weighted by atomic mass is 16.5. The number of nitrogens with one attached hydrogen (secondary N) is 1. The third-order valence-electron chi connectivity index (χ3n) is 3.53. The van der Waals surface area contributed by atoms with Crippen LogP contribution >= 0.6 is 0 Å². The Balaban J connectivity index is 1.84. The number of nitrogens with zero attached hydrogens (tertiary/aromatic N) is 1. The van der Waals surface area contributed by atoms with Crippen molar-refractivity contribution in [2.75, 3.05) is 32.8 Å². The second kappa shape index (κ2) is 5.49. The van der Waals surface area contributed by atoms with Crippen molar-refractivity contribution in [2.24, 2.45) is 11.8 Å². The first-order chi connectivity index (χ1) is 8.22. The molecule has 2 atom stereocenters. The lowest BCUT2D eigenvalue weighted by atomic mass is 10.1. The summed E-state index contributed by atoms with van der Waals surface area (Å²) in [4.78, 5) is 25.5. The molecule has 0 saturated carbocycles. The second-order valence-electron chi connectivity index (χ2n) is 4.71. The molecular formula is C12H20N2O3. The Kier molecular flexibility index (Phi) is 3.99. The van der Waals surface area contributed by atoms with Gasteiger partial charge in [-0.2, -0.15) is 0 Å². The fraction of sp³-hybridized carbons (Fsp3) is 0.833. The number of hydrogen-bond donors (Lipinski definition) is 1. The van der Waals surface area contributed by atoms with Gasteiger partial charge in [0.1, 0.15) is 0 Å². The van der Waals surface area contributed by atoms with Crippen molar-refractivity contribution >= 4 is 11.9 Å². The zero-order valence-corrected chi connectivity index (χ0v) is 10.3. The SMILES string of the molecule is CCOC(=O)C1CCN(C(=O)C2CCNC2)C1. The summed E-state index contributed by atoms with van der Waals surface area (Å²) in [5.74, 6) is 0.0263. The van der Waals surface area contributed by atoms with Crippen molar-refractivity contribution in [3.63, 3.8) is 0 Å². The molecule has 1 N–H and O–H groups in total. The average molecular weight is 240 g/mol. The van der Waals surface area contributed by atoms with E-state index in [2.05, 4.69) is 5.32 Å². The van der Waals surface area contributed by atoms with Gasteiger partial charge in [-0.05, 0) is 26.3 Å². The summed E-state index contributed by atoms with van der Waals surface area (Å²) in [5, 5.41) is 3.19. The van der Waals surface area contributed by atoms with Crippen LogP contribution in [0.3, 0.4) is 0 Å². The topological polar surface area (TPSA) is 58.6 Å². The van der Waals surface area contributed by atoms with E-state index in [1.54, 1.807) is 6.92 Å². The van der Waals surface area contributed by atoms with Crippen molar-refractivity contribution in [3.05, 3.63) is 0 Å². The largest absolute Gasteiger partial charge is 0.466 e. The van der Waals surface area contributed by atoms with Gasteiger partial charge in [-0.3, -0.25) is 9.59 Å². The minimum atomic E-state index is -0.160. The highest BCUT2D eigenvalue weighted by Crippen LogP contribution is 2.21. The fourth-order valence-corrected chi connectivity index (χ4v) is 2.54. The van der Waals surface area contributed by atoms with Gasteiger partial charge in [0.2, 0.25) is 5.91 Å². The van der Waals surface area contributed by atoms with Gasteiger partial charge in [0.15, 0.2) is 0 Å². The third-order valence-corrected chi connectivity index (χ3v) is 3.53. The summed E-state index contributed by atoms with van der Waals surface area (Å²) in [6, 6.07) is 0. The number of likely N-dealkylation sites (tertiary alicyclic amines) is 1. The van der Waals surface area contributed by atoms with Gasteiger partial charge in [-0.25, -0.2) is 0 Å². The van der Waals surface area contributed by atoms with E-state index < -0.39 is 0 Å². The number of carbonyl (C=O) groups excluding carboxylic acids is 2. The van der Waals surface area contributed by atoms with Gasteiger partial charge >= 0.3 is 5.97 Å². The van der Waals surface area contributed by atoms with Crippen LogP contribution in [0.25, 0.3) is 0 Å².